The number of nitrogens with one attached hydrogen (secondary N) is 1. The van der Waals surface area contributed by atoms with Gasteiger partial charge in [-0.1, -0.05) is 46.9 Å². The molecule has 0 aromatic heterocycles. The topological polar surface area (TPSA) is 49.4 Å². The van der Waals surface area contributed by atoms with Crippen molar-refractivity contribution in [3.05, 3.63) is 57.5 Å². The lowest BCUT2D eigenvalue weighted by atomic mass is 10.2. The summed E-state index contributed by atoms with van der Waals surface area (Å²) < 4.78 is 0. The van der Waals surface area contributed by atoms with Crippen molar-refractivity contribution in [2.24, 2.45) is 0 Å². The van der Waals surface area contributed by atoms with Crippen LogP contribution in [-0.4, -0.2) is 17.9 Å². The highest BCUT2D eigenvalue weighted by molar-refractivity contribution is 6.37. The minimum absolute atomic E-state index is 0.0308. The van der Waals surface area contributed by atoms with Gasteiger partial charge in [-0.2, -0.15) is 0 Å². The maximum atomic E-state index is 12.6. The van der Waals surface area contributed by atoms with Crippen LogP contribution in [-0.2, 0) is 9.59 Å². The Morgan fingerprint density at radius 3 is 2.43 bits per heavy atom. The second-order valence-corrected chi connectivity index (χ2v) is 6.29. The molecule has 3 rings (SSSR count). The zero-order valence-corrected chi connectivity index (χ0v) is 14.0. The molecule has 2 aromatic carbocycles. The number of imide groups is 1. The largest absolute Gasteiger partial charge is 0.372 e. The van der Waals surface area contributed by atoms with Gasteiger partial charge in [-0.25, -0.2) is 4.90 Å². The van der Waals surface area contributed by atoms with Crippen LogP contribution in [0.25, 0.3) is 0 Å². The molecule has 0 unspecified atom stereocenters. The van der Waals surface area contributed by atoms with Crippen LogP contribution in [0.15, 0.2) is 42.5 Å². The standard InChI is InChI=1S/C16H11Cl3N2O2/c17-9-5-6-12(11(19)7-9)20-13-8-15(22)21(16(13)23)14-4-2-1-3-10(14)18/h1-7,13,20H,8H2/t13-/m1/s1. The molecule has 2 aromatic rings. The highest BCUT2D eigenvalue weighted by Gasteiger charge is 2.40. The van der Waals surface area contributed by atoms with Gasteiger partial charge in [0.25, 0.3) is 5.91 Å². The molecule has 2 amide bonds. The summed E-state index contributed by atoms with van der Waals surface area (Å²) in [6, 6.07) is 10.9. The lowest BCUT2D eigenvalue weighted by Gasteiger charge is -2.17. The molecule has 0 aliphatic carbocycles. The summed E-state index contributed by atoms with van der Waals surface area (Å²) in [7, 11) is 0. The van der Waals surface area contributed by atoms with Crippen molar-refractivity contribution in [3.8, 4) is 0 Å². The fourth-order valence-corrected chi connectivity index (χ4v) is 3.11. The van der Waals surface area contributed by atoms with Crippen molar-refractivity contribution in [1.82, 2.24) is 0 Å². The molecule has 1 atom stereocenters. The van der Waals surface area contributed by atoms with Gasteiger partial charge in [0.15, 0.2) is 0 Å². The minimum atomic E-state index is -0.697. The minimum Gasteiger partial charge on any atom is -0.372 e. The van der Waals surface area contributed by atoms with E-state index in [1.165, 1.54) is 0 Å². The first-order valence-electron chi connectivity index (χ1n) is 6.80. The first-order chi connectivity index (χ1) is 11.0. The van der Waals surface area contributed by atoms with Crippen LogP contribution in [0.2, 0.25) is 15.1 Å². The SMILES string of the molecule is O=C1C[C@@H](Nc2ccc(Cl)cc2Cl)C(=O)N1c1ccccc1Cl. The van der Waals surface area contributed by atoms with Crippen molar-refractivity contribution >= 4 is 58.0 Å². The predicted octanol–water partition coefficient (Wildman–Crippen LogP) is 4.39. The number of nitrogens with zero attached hydrogens (tertiary/aromatic N) is 1. The maximum Gasteiger partial charge on any atom is 0.256 e. The van der Waals surface area contributed by atoms with E-state index in [9.17, 15) is 9.59 Å². The Morgan fingerprint density at radius 2 is 1.74 bits per heavy atom. The van der Waals surface area contributed by atoms with E-state index in [1.54, 1.807) is 42.5 Å². The third-order valence-corrected chi connectivity index (χ3v) is 4.37. The molecule has 0 spiro atoms. The summed E-state index contributed by atoms with van der Waals surface area (Å²) >= 11 is 18.0. The van der Waals surface area contributed by atoms with Crippen LogP contribution in [0.3, 0.4) is 0 Å². The Labute approximate surface area is 147 Å². The lowest BCUT2D eigenvalue weighted by molar-refractivity contribution is -0.121. The third-order valence-electron chi connectivity index (χ3n) is 3.50. The molecule has 1 N–H and O–H groups in total. The number of rotatable bonds is 3. The van der Waals surface area contributed by atoms with Crippen LogP contribution in [0.1, 0.15) is 6.42 Å². The van der Waals surface area contributed by atoms with Gasteiger partial charge < -0.3 is 5.32 Å². The Kier molecular flexibility index (Phi) is 4.48. The predicted molar refractivity (Wildman–Crippen MR) is 92.4 cm³/mol. The van der Waals surface area contributed by atoms with E-state index in [2.05, 4.69) is 5.32 Å². The first-order valence-corrected chi connectivity index (χ1v) is 7.93. The summed E-state index contributed by atoms with van der Waals surface area (Å²) in [6.07, 6.45) is 0.0308. The quantitative estimate of drug-likeness (QED) is 0.816. The Hall–Kier alpha value is -1.75. The molecule has 1 fully saturated rings. The fraction of sp³-hybridized carbons (Fsp3) is 0.125. The summed E-state index contributed by atoms with van der Waals surface area (Å²) in [5, 5.41) is 4.21. The second-order valence-electron chi connectivity index (χ2n) is 5.04. The van der Waals surface area contributed by atoms with Crippen molar-refractivity contribution < 1.29 is 9.59 Å². The van der Waals surface area contributed by atoms with Gasteiger partial charge in [0.2, 0.25) is 5.91 Å². The number of amides is 2. The monoisotopic (exact) mass is 368 g/mol. The van der Waals surface area contributed by atoms with E-state index in [-0.39, 0.29) is 18.2 Å². The molecule has 1 saturated heterocycles. The molecule has 7 heteroatoms. The molecule has 0 radical (unpaired) electrons. The molecule has 4 nitrogen and oxygen atoms in total. The van der Waals surface area contributed by atoms with Crippen molar-refractivity contribution in [2.75, 3.05) is 10.2 Å². The average Bonchev–Trinajstić information content (AvgIpc) is 2.77. The number of hydrogen-bond donors (Lipinski definition) is 1. The van der Waals surface area contributed by atoms with E-state index in [4.69, 9.17) is 34.8 Å². The summed E-state index contributed by atoms with van der Waals surface area (Å²) in [4.78, 5) is 25.9. The highest BCUT2D eigenvalue weighted by Crippen LogP contribution is 2.32. The molecule has 23 heavy (non-hydrogen) atoms. The second kappa shape index (κ2) is 6.40. The van der Waals surface area contributed by atoms with Gasteiger partial charge in [0, 0.05) is 5.02 Å². The lowest BCUT2D eigenvalue weighted by Crippen LogP contribution is -2.35. The number of carbonyl (C=O) groups is 2. The number of para-hydroxylation sites is 1. The van der Waals surface area contributed by atoms with Crippen LogP contribution in [0.4, 0.5) is 11.4 Å². The molecule has 1 aliphatic heterocycles. The third kappa shape index (κ3) is 3.15. The van der Waals surface area contributed by atoms with Crippen LogP contribution >= 0.6 is 34.8 Å². The normalized spacial score (nSPS) is 17.7. The van der Waals surface area contributed by atoms with Crippen LogP contribution in [0, 0.1) is 0 Å². The maximum absolute atomic E-state index is 12.6. The Bertz CT molecular complexity index is 795. The van der Waals surface area contributed by atoms with Gasteiger partial charge in [0.1, 0.15) is 6.04 Å². The molecular formula is C16H11Cl3N2O2. The van der Waals surface area contributed by atoms with E-state index in [0.29, 0.717) is 26.4 Å². The summed E-state index contributed by atoms with van der Waals surface area (Å²) in [5.41, 5.74) is 0.930. The van der Waals surface area contributed by atoms with Gasteiger partial charge >= 0.3 is 0 Å². The summed E-state index contributed by atoms with van der Waals surface area (Å²) in [5.74, 6) is -0.681. The van der Waals surface area contributed by atoms with Gasteiger partial charge in [-0.05, 0) is 30.3 Å². The van der Waals surface area contributed by atoms with Gasteiger partial charge in [-0.15, -0.1) is 0 Å². The van der Waals surface area contributed by atoms with Crippen molar-refractivity contribution in [2.45, 2.75) is 12.5 Å². The van der Waals surface area contributed by atoms with E-state index in [0.717, 1.165) is 4.90 Å². The number of carbonyl (C=O) groups excluding carboxylic acids is 2. The molecule has 0 saturated carbocycles. The first kappa shape index (κ1) is 16.1. The molecule has 1 aliphatic rings. The van der Waals surface area contributed by atoms with E-state index in [1.807, 2.05) is 0 Å². The van der Waals surface area contributed by atoms with Gasteiger partial charge in [-0.3, -0.25) is 9.59 Å². The van der Waals surface area contributed by atoms with E-state index >= 15 is 0 Å². The fourth-order valence-electron chi connectivity index (χ4n) is 2.43. The number of halogens is 3. The van der Waals surface area contributed by atoms with Crippen molar-refractivity contribution in [1.29, 1.82) is 0 Å². The highest BCUT2D eigenvalue weighted by atomic mass is 35.5. The molecule has 0 bridgehead atoms. The van der Waals surface area contributed by atoms with Crippen LogP contribution in [0.5, 0.6) is 0 Å². The Balaban J connectivity index is 1.85. The number of benzene rings is 2. The zero-order chi connectivity index (χ0) is 16.6. The number of hydrogen-bond acceptors (Lipinski definition) is 3. The van der Waals surface area contributed by atoms with Crippen LogP contribution < -0.4 is 10.2 Å². The molecular weight excluding hydrogens is 359 g/mol. The average molecular weight is 370 g/mol. The van der Waals surface area contributed by atoms with Crippen molar-refractivity contribution in [3.63, 3.8) is 0 Å². The molecule has 118 valence electrons. The van der Waals surface area contributed by atoms with Gasteiger partial charge in [0.05, 0.1) is 27.8 Å². The summed E-state index contributed by atoms with van der Waals surface area (Å²) in [6.45, 7) is 0. The molecule has 1 heterocycles. The zero-order valence-electron chi connectivity index (χ0n) is 11.7. The smallest absolute Gasteiger partial charge is 0.256 e. The van der Waals surface area contributed by atoms with E-state index < -0.39 is 6.04 Å². The number of anilines is 2. The Morgan fingerprint density at radius 1 is 1.00 bits per heavy atom.